The second-order valence-electron chi connectivity index (χ2n) is 5.17. The Balaban J connectivity index is 2.64. The van der Waals surface area contributed by atoms with Gasteiger partial charge in [-0.1, -0.05) is 44.0 Å². The van der Waals surface area contributed by atoms with E-state index in [1.165, 1.54) is 5.56 Å². The molecule has 0 bridgehead atoms. The fourth-order valence-electron chi connectivity index (χ4n) is 2.17. The van der Waals surface area contributed by atoms with Gasteiger partial charge in [0.2, 0.25) is 0 Å². The molecule has 0 fully saturated rings. The maximum absolute atomic E-state index is 10.1. The number of aryl methyl sites for hydroxylation is 1. The predicted molar refractivity (Wildman–Crippen MR) is 78.1 cm³/mol. The van der Waals surface area contributed by atoms with Crippen LogP contribution in [0.5, 0.6) is 0 Å². The van der Waals surface area contributed by atoms with Crippen LogP contribution in [0.4, 0.5) is 0 Å². The van der Waals surface area contributed by atoms with Gasteiger partial charge < -0.3 is 10.8 Å². The summed E-state index contributed by atoms with van der Waals surface area (Å²) in [5, 5.41) is 10.8. The summed E-state index contributed by atoms with van der Waals surface area (Å²) in [6.45, 7) is 6.20. The lowest BCUT2D eigenvalue weighted by Gasteiger charge is -2.22. The van der Waals surface area contributed by atoms with Gasteiger partial charge in [-0.05, 0) is 42.9 Å². The Hall–Kier alpha value is -0.570. The summed E-state index contributed by atoms with van der Waals surface area (Å²) in [5.74, 6) is 0.291. The topological polar surface area (TPSA) is 46.2 Å². The molecule has 0 aliphatic heterocycles. The molecular formula is C15H24ClNO. The maximum atomic E-state index is 10.1. The van der Waals surface area contributed by atoms with Crippen molar-refractivity contribution >= 4 is 11.6 Å². The minimum atomic E-state index is -0.434. The molecule has 2 nitrogen and oxygen atoms in total. The highest BCUT2D eigenvalue weighted by Gasteiger charge is 2.18. The minimum Gasteiger partial charge on any atom is -0.391 e. The van der Waals surface area contributed by atoms with Crippen LogP contribution in [0.15, 0.2) is 18.2 Å². The van der Waals surface area contributed by atoms with Crippen LogP contribution in [0, 0.1) is 6.92 Å². The fraction of sp³-hybridized carbons (Fsp3) is 0.600. The molecule has 3 unspecified atom stereocenters. The lowest BCUT2D eigenvalue weighted by molar-refractivity contribution is 0.124. The third kappa shape index (κ3) is 4.27. The number of halogens is 1. The second-order valence-corrected chi connectivity index (χ2v) is 5.57. The zero-order chi connectivity index (χ0) is 13.7. The van der Waals surface area contributed by atoms with E-state index in [4.69, 9.17) is 17.3 Å². The molecule has 18 heavy (non-hydrogen) atoms. The molecule has 3 N–H and O–H groups in total. The quantitative estimate of drug-likeness (QED) is 0.828. The van der Waals surface area contributed by atoms with Crippen molar-refractivity contribution in [3.63, 3.8) is 0 Å². The van der Waals surface area contributed by atoms with Gasteiger partial charge in [0.15, 0.2) is 0 Å². The van der Waals surface area contributed by atoms with Gasteiger partial charge >= 0.3 is 0 Å². The van der Waals surface area contributed by atoms with Gasteiger partial charge in [-0.15, -0.1) is 0 Å². The summed E-state index contributed by atoms with van der Waals surface area (Å²) in [7, 11) is 0. The van der Waals surface area contributed by atoms with Crippen LogP contribution in [0.3, 0.4) is 0 Å². The van der Waals surface area contributed by atoms with Crippen molar-refractivity contribution in [2.45, 2.75) is 58.1 Å². The summed E-state index contributed by atoms with van der Waals surface area (Å²) in [4.78, 5) is 0. The Morgan fingerprint density at radius 2 is 2.06 bits per heavy atom. The molecule has 0 radical (unpaired) electrons. The molecule has 0 heterocycles. The first-order chi connectivity index (χ1) is 8.45. The third-order valence-corrected chi connectivity index (χ3v) is 3.89. The van der Waals surface area contributed by atoms with Crippen LogP contribution in [-0.2, 0) is 0 Å². The Morgan fingerprint density at radius 3 is 2.61 bits per heavy atom. The van der Waals surface area contributed by atoms with Crippen molar-refractivity contribution in [3.05, 3.63) is 34.3 Å². The highest BCUT2D eigenvalue weighted by atomic mass is 35.5. The third-order valence-electron chi connectivity index (χ3n) is 3.46. The van der Waals surface area contributed by atoms with Crippen molar-refractivity contribution in [1.82, 2.24) is 0 Å². The van der Waals surface area contributed by atoms with Crippen molar-refractivity contribution < 1.29 is 5.11 Å². The van der Waals surface area contributed by atoms with Crippen LogP contribution in [0.1, 0.15) is 50.2 Å². The number of nitrogens with two attached hydrogens (primary N) is 1. The van der Waals surface area contributed by atoms with E-state index < -0.39 is 6.10 Å². The molecular weight excluding hydrogens is 246 g/mol. The molecule has 0 spiro atoms. The summed E-state index contributed by atoms with van der Waals surface area (Å²) in [5.41, 5.74) is 8.22. The van der Waals surface area contributed by atoms with Crippen molar-refractivity contribution in [3.8, 4) is 0 Å². The van der Waals surface area contributed by atoms with E-state index in [0.29, 0.717) is 12.3 Å². The Kier molecular flexibility index (Phi) is 6.13. The van der Waals surface area contributed by atoms with Crippen molar-refractivity contribution in [2.75, 3.05) is 0 Å². The monoisotopic (exact) mass is 269 g/mol. The molecule has 0 saturated carbocycles. The minimum absolute atomic E-state index is 0.120. The number of hydrogen-bond acceptors (Lipinski definition) is 2. The molecule has 102 valence electrons. The molecule has 0 aromatic heterocycles. The molecule has 0 amide bonds. The molecule has 1 rings (SSSR count). The van der Waals surface area contributed by atoms with Crippen LogP contribution in [-0.4, -0.2) is 17.3 Å². The molecule has 3 atom stereocenters. The van der Waals surface area contributed by atoms with Gasteiger partial charge in [0.1, 0.15) is 0 Å². The van der Waals surface area contributed by atoms with E-state index >= 15 is 0 Å². The van der Waals surface area contributed by atoms with E-state index in [-0.39, 0.29) is 6.04 Å². The van der Waals surface area contributed by atoms with Crippen molar-refractivity contribution in [2.24, 2.45) is 5.73 Å². The van der Waals surface area contributed by atoms with Gasteiger partial charge in [0.05, 0.1) is 6.10 Å². The maximum Gasteiger partial charge on any atom is 0.0696 e. The number of rotatable bonds is 6. The molecule has 1 aromatic carbocycles. The first kappa shape index (κ1) is 15.5. The van der Waals surface area contributed by atoms with Crippen molar-refractivity contribution in [1.29, 1.82) is 0 Å². The summed E-state index contributed by atoms with van der Waals surface area (Å²) in [6, 6.07) is 5.91. The Labute approximate surface area is 115 Å². The molecule has 0 aliphatic carbocycles. The largest absolute Gasteiger partial charge is 0.391 e. The Bertz CT molecular complexity index is 381. The standard InChI is InChI=1S/C15H24ClNO/c1-4-5-14(17)15(18)9-10(2)12-6-7-13(16)11(3)8-12/h6-8,10,14-15,18H,4-5,9,17H2,1-3H3. The average Bonchev–Trinajstić information content (AvgIpc) is 2.32. The molecule has 3 heteroatoms. The molecule has 0 saturated heterocycles. The average molecular weight is 270 g/mol. The van der Waals surface area contributed by atoms with E-state index in [1.54, 1.807) is 0 Å². The zero-order valence-corrected chi connectivity index (χ0v) is 12.2. The summed E-state index contributed by atoms with van der Waals surface area (Å²) in [6.07, 6.45) is 2.14. The SMILES string of the molecule is CCCC(N)C(O)CC(C)c1ccc(Cl)c(C)c1. The van der Waals surface area contributed by atoms with E-state index in [9.17, 15) is 5.11 Å². The summed E-state index contributed by atoms with van der Waals surface area (Å²) >= 11 is 6.01. The number of aliphatic hydroxyl groups is 1. The molecule has 1 aromatic rings. The summed E-state index contributed by atoms with van der Waals surface area (Å²) < 4.78 is 0. The highest BCUT2D eigenvalue weighted by molar-refractivity contribution is 6.31. The first-order valence-electron chi connectivity index (χ1n) is 6.65. The lowest BCUT2D eigenvalue weighted by atomic mass is 9.90. The number of hydrogen-bond donors (Lipinski definition) is 2. The van der Waals surface area contributed by atoms with E-state index in [0.717, 1.165) is 23.4 Å². The van der Waals surface area contributed by atoms with Gasteiger partial charge in [0, 0.05) is 11.1 Å². The van der Waals surface area contributed by atoms with Gasteiger partial charge in [-0.3, -0.25) is 0 Å². The van der Waals surface area contributed by atoms with Crippen LogP contribution >= 0.6 is 11.6 Å². The van der Waals surface area contributed by atoms with Gasteiger partial charge in [-0.2, -0.15) is 0 Å². The lowest BCUT2D eigenvalue weighted by Crippen LogP contribution is -2.35. The van der Waals surface area contributed by atoms with E-state index in [2.05, 4.69) is 19.9 Å². The smallest absolute Gasteiger partial charge is 0.0696 e. The Morgan fingerprint density at radius 1 is 1.39 bits per heavy atom. The highest BCUT2D eigenvalue weighted by Crippen LogP contribution is 2.26. The predicted octanol–water partition coefficient (Wildman–Crippen LogP) is 3.63. The van der Waals surface area contributed by atoms with Crippen LogP contribution < -0.4 is 5.73 Å². The molecule has 0 aliphatic rings. The number of aliphatic hydroxyl groups excluding tert-OH is 1. The fourth-order valence-corrected chi connectivity index (χ4v) is 2.29. The zero-order valence-electron chi connectivity index (χ0n) is 11.5. The van der Waals surface area contributed by atoms with Crippen LogP contribution in [0.2, 0.25) is 5.02 Å². The first-order valence-corrected chi connectivity index (χ1v) is 7.03. The second kappa shape index (κ2) is 7.13. The van der Waals surface area contributed by atoms with Gasteiger partial charge in [-0.25, -0.2) is 0 Å². The normalized spacial score (nSPS) is 16.3. The van der Waals surface area contributed by atoms with Crippen LogP contribution in [0.25, 0.3) is 0 Å². The van der Waals surface area contributed by atoms with Gasteiger partial charge in [0.25, 0.3) is 0 Å². The van der Waals surface area contributed by atoms with E-state index in [1.807, 2.05) is 19.1 Å². The number of benzene rings is 1.